The number of amides is 3. The molecule has 0 bridgehead atoms. The van der Waals surface area contributed by atoms with Crippen molar-refractivity contribution in [1.82, 2.24) is 20.9 Å². The summed E-state index contributed by atoms with van der Waals surface area (Å²) in [6.07, 6.45) is 3.15. The summed E-state index contributed by atoms with van der Waals surface area (Å²) in [6.45, 7) is 7.24. The summed E-state index contributed by atoms with van der Waals surface area (Å²) < 4.78 is 0. The number of carbonyl (C=O) groups is 4. The van der Waals surface area contributed by atoms with Crippen molar-refractivity contribution in [3.05, 3.63) is 65.9 Å². The lowest BCUT2D eigenvalue weighted by molar-refractivity contribution is -0.144. The number of phenolic OH excluding ortho intramolecular Hbond substituents is 1. The highest BCUT2D eigenvalue weighted by molar-refractivity contribution is 5.95. The Morgan fingerprint density at radius 2 is 1.42 bits per heavy atom. The van der Waals surface area contributed by atoms with Crippen molar-refractivity contribution in [1.29, 1.82) is 0 Å². The van der Waals surface area contributed by atoms with Crippen LogP contribution in [0.2, 0.25) is 0 Å². The molecule has 6 atom stereocenters. The molecule has 6 unspecified atom stereocenters. The molecule has 2 aromatic carbocycles. The van der Waals surface area contributed by atoms with Gasteiger partial charge in [0.25, 0.3) is 0 Å². The highest BCUT2D eigenvalue weighted by Gasteiger charge is 2.34. The minimum atomic E-state index is -1.15. The fraction of sp³-hybridized carbons (Fsp3) is 0.438. The van der Waals surface area contributed by atoms with Gasteiger partial charge in [-0.1, -0.05) is 70.9 Å². The van der Waals surface area contributed by atoms with Crippen LogP contribution in [-0.4, -0.2) is 63.1 Å². The van der Waals surface area contributed by atoms with Gasteiger partial charge in [0.1, 0.15) is 23.9 Å². The molecular weight excluding hydrogens is 550 g/mol. The number of phenols is 1. The van der Waals surface area contributed by atoms with E-state index in [-0.39, 0.29) is 30.4 Å². The number of nitrogens with two attached hydrogens (primary N) is 1. The van der Waals surface area contributed by atoms with E-state index >= 15 is 0 Å². The Balaban J connectivity index is 1.85. The number of benzene rings is 2. The summed E-state index contributed by atoms with van der Waals surface area (Å²) in [7, 11) is 0. The fourth-order valence-electron chi connectivity index (χ4n) is 4.87. The molecule has 3 rings (SSSR count). The third-order valence-corrected chi connectivity index (χ3v) is 8.03. The van der Waals surface area contributed by atoms with E-state index in [0.29, 0.717) is 12.8 Å². The number of fused-ring (bicyclic) bond motifs is 1. The van der Waals surface area contributed by atoms with Crippen LogP contribution in [-0.2, 0) is 32.0 Å². The lowest BCUT2D eigenvalue weighted by Crippen LogP contribution is -2.59. The molecule has 0 aliphatic carbocycles. The van der Waals surface area contributed by atoms with Gasteiger partial charge in [-0.25, -0.2) is 4.79 Å². The molecule has 3 aromatic rings. The average molecular weight is 594 g/mol. The Labute approximate surface area is 251 Å². The molecule has 0 saturated carbocycles. The zero-order valence-corrected chi connectivity index (χ0v) is 25.1. The summed E-state index contributed by atoms with van der Waals surface area (Å²) in [4.78, 5) is 55.5. The van der Waals surface area contributed by atoms with Crippen LogP contribution in [0.1, 0.15) is 51.7 Å². The molecule has 11 nitrogen and oxygen atoms in total. The van der Waals surface area contributed by atoms with Gasteiger partial charge < -0.3 is 36.9 Å². The standard InChI is InChI=1S/C32H43N5O6/c1-5-18(3)27(31(41)37-28(32(42)43)19(4)6-2)36-30(40)26(16-21-17-34-25-10-8-7-9-23(21)25)35-29(39)24(33)15-20-11-13-22(38)14-12-20/h7-14,17-19,24,26-28,34,38H,5-6,15-16,33H2,1-4H3,(H,35,39)(H,36,40)(H,37,41)(H,42,43). The number of aromatic amines is 1. The minimum absolute atomic E-state index is 0.0935. The van der Waals surface area contributed by atoms with Crippen LogP contribution in [0.5, 0.6) is 5.75 Å². The van der Waals surface area contributed by atoms with Crippen LogP contribution < -0.4 is 21.7 Å². The maximum Gasteiger partial charge on any atom is 0.326 e. The molecule has 0 radical (unpaired) electrons. The van der Waals surface area contributed by atoms with Crippen LogP contribution in [0, 0.1) is 11.8 Å². The molecule has 3 amide bonds. The molecule has 0 spiro atoms. The summed E-state index contributed by atoms with van der Waals surface area (Å²) >= 11 is 0. The average Bonchev–Trinajstić information content (AvgIpc) is 3.40. The molecule has 0 fully saturated rings. The van der Waals surface area contributed by atoms with Gasteiger partial charge in [-0.3, -0.25) is 14.4 Å². The van der Waals surface area contributed by atoms with Crippen molar-refractivity contribution in [2.24, 2.45) is 17.6 Å². The second kappa shape index (κ2) is 15.2. The van der Waals surface area contributed by atoms with Gasteiger partial charge in [-0.15, -0.1) is 0 Å². The van der Waals surface area contributed by atoms with Crippen molar-refractivity contribution in [3.8, 4) is 5.75 Å². The van der Waals surface area contributed by atoms with Crippen LogP contribution in [0.15, 0.2) is 54.7 Å². The smallest absolute Gasteiger partial charge is 0.326 e. The van der Waals surface area contributed by atoms with Gasteiger partial charge >= 0.3 is 5.97 Å². The van der Waals surface area contributed by atoms with E-state index in [1.54, 1.807) is 32.2 Å². The first kappa shape index (κ1) is 33.1. The predicted molar refractivity (Wildman–Crippen MR) is 164 cm³/mol. The maximum absolute atomic E-state index is 13.8. The van der Waals surface area contributed by atoms with Crippen molar-refractivity contribution < 1.29 is 29.4 Å². The summed E-state index contributed by atoms with van der Waals surface area (Å²) in [5, 5.41) is 28.3. The molecule has 0 aliphatic rings. The molecule has 0 saturated heterocycles. The van der Waals surface area contributed by atoms with Crippen LogP contribution in [0.4, 0.5) is 0 Å². The Kier molecular flexibility index (Phi) is 11.7. The van der Waals surface area contributed by atoms with Gasteiger partial charge in [0.15, 0.2) is 0 Å². The number of aliphatic carboxylic acids is 1. The van der Waals surface area contributed by atoms with Crippen molar-refractivity contribution in [2.45, 2.75) is 77.5 Å². The minimum Gasteiger partial charge on any atom is -0.508 e. The van der Waals surface area contributed by atoms with Crippen LogP contribution in [0.25, 0.3) is 10.9 Å². The molecule has 1 aromatic heterocycles. The Morgan fingerprint density at radius 1 is 0.814 bits per heavy atom. The molecular formula is C32H43N5O6. The molecule has 0 aliphatic heterocycles. The van der Waals surface area contributed by atoms with Crippen LogP contribution >= 0.6 is 0 Å². The van der Waals surface area contributed by atoms with E-state index in [4.69, 9.17) is 5.73 Å². The van der Waals surface area contributed by atoms with Gasteiger partial charge in [-0.2, -0.15) is 0 Å². The first-order valence-electron chi connectivity index (χ1n) is 14.7. The van der Waals surface area contributed by atoms with E-state index in [0.717, 1.165) is 22.0 Å². The van der Waals surface area contributed by atoms with Crippen LogP contribution in [0.3, 0.4) is 0 Å². The number of aromatic hydroxyl groups is 1. The predicted octanol–water partition coefficient (Wildman–Crippen LogP) is 2.62. The summed E-state index contributed by atoms with van der Waals surface area (Å²) in [5.41, 5.74) is 8.60. The number of aromatic nitrogens is 1. The number of hydrogen-bond donors (Lipinski definition) is 7. The number of carboxylic acids is 1. The van der Waals surface area contributed by atoms with E-state index < -0.39 is 47.9 Å². The van der Waals surface area contributed by atoms with Gasteiger partial charge in [0, 0.05) is 23.5 Å². The van der Waals surface area contributed by atoms with E-state index in [9.17, 15) is 29.4 Å². The third kappa shape index (κ3) is 8.81. The largest absolute Gasteiger partial charge is 0.508 e. The second-order valence-corrected chi connectivity index (χ2v) is 11.2. The maximum atomic E-state index is 13.8. The molecule has 8 N–H and O–H groups in total. The Hall–Kier alpha value is -4.38. The first-order chi connectivity index (χ1) is 20.4. The van der Waals surface area contributed by atoms with E-state index in [1.165, 1.54) is 12.1 Å². The number of hydrogen-bond acceptors (Lipinski definition) is 6. The number of carboxylic acid groups (broad SMARTS) is 1. The van der Waals surface area contributed by atoms with E-state index in [1.807, 2.05) is 38.1 Å². The van der Waals surface area contributed by atoms with Gasteiger partial charge in [0.05, 0.1) is 6.04 Å². The zero-order valence-electron chi connectivity index (χ0n) is 25.1. The van der Waals surface area contributed by atoms with Crippen molar-refractivity contribution in [3.63, 3.8) is 0 Å². The number of nitrogens with one attached hydrogen (secondary N) is 4. The lowest BCUT2D eigenvalue weighted by atomic mass is 9.94. The fourth-order valence-corrected chi connectivity index (χ4v) is 4.87. The Bertz CT molecular complexity index is 1400. The normalized spacial score (nSPS) is 15.5. The lowest BCUT2D eigenvalue weighted by Gasteiger charge is -2.29. The molecule has 11 heteroatoms. The Morgan fingerprint density at radius 3 is 2.05 bits per heavy atom. The number of para-hydroxylation sites is 1. The highest BCUT2D eigenvalue weighted by atomic mass is 16.4. The monoisotopic (exact) mass is 593 g/mol. The second-order valence-electron chi connectivity index (χ2n) is 11.2. The zero-order chi connectivity index (χ0) is 31.7. The number of H-pyrrole nitrogens is 1. The quantitative estimate of drug-likeness (QED) is 0.141. The SMILES string of the molecule is CCC(C)C(NC(=O)C(NC(=O)C(Cc1c[nH]c2ccccc12)NC(=O)C(N)Cc1ccc(O)cc1)C(C)CC)C(=O)O. The first-order valence-corrected chi connectivity index (χ1v) is 14.7. The van der Waals surface area contributed by atoms with Crippen molar-refractivity contribution in [2.75, 3.05) is 0 Å². The number of rotatable bonds is 15. The summed E-state index contributed by atoms with van der Waals surface area (Å²) in [6, 6.07) is 9.70. The van der Waals surface area contributed by atoms with E-state index in [2.05, 4.69) is 20.9 Å². The van der Waals surface area contributed by atoms with Crippen molar-refractivity contribution >= 4 is 34.6 Å². The van der Waals surface area contributed by atoms with Gasteiger partial charge in [-0.05, 0) is 47.6 Å². The molecule has 43 heavy (non-hydrogen) atoms. The molecule has 1 heterocycles. The topological polar surface area (TPSA) is 187 Å². The summed E-state index contributed by atoms with van der Waals surface area (Å²) in [5.74, 6) is -3.45. The third-order valence-electron chi connectivity index (χ3n) is 8.03. The highest BCUT2D eigenvalue weighted by Crippen LogP contribution is 2.20. The van der Waals surface area contributed by atoms with Gasteiger partial charge in [0.2, 0.25) is 17.7 Å². The molecule has 232 valence electrons. The number of carbonyl (C=O) groups excluding carboxylic acids is 3.